The molecule has 0 radical (unpaired) electrons. The first-order chi connectivity index (χ1) is 9.15. The molecule has 3 N–H and O–H groups in total. The molecule has 1 amide bonds. The molecule has 2 aromatic rings. The van der Waals surface area contributed by atoms with E-state index in [1.165, 1.54) is 4.40 Å². The quantitative estimate of drug-likeness (QED) is 0.578. The average molecular weight is 266 g/mol. The Morgan fingerprint density at radius 2 is 2.11 bits per heavy atom. The minimum absolute atomic E-state index is 0.267. The SMILES string of the molecule is O=C(Cn1nc2ccccn2c1=O)NC(CO)CO. The molecule has 0 spiro atoms. The van der Waals surface area contributed by atoms with E-state index in [1.54, 1.807) is 24.4 Å². The van der Waals surface area contributed by atoms with Crippen molar-refractivity contribution in [3.05, 3.63) is 34.9 Å². The summed E-state index contributed by atoms with van der Waals surface area (Å²) in [5.74, 6) is -0.501. The fourth-order valence-electron chi connectivity index (χ4n) is 1.63. The Morgan fingerprint density at radius 1 is 1.37 bits per heavy atom. The van der Waals surface area contributed by atoms with Gasteiger partial charge in [0.05, 0.1) is 19.3 Å². The molecule has 2 rings (SSSR count). The zero-order valence-corrected chi connectivity index (χ0v) is 10.1. The van der Waals surface area contributed by atoms with Crippen molar-refractivity contribution in [1.82, 2.24) is 19.5 Å². The standard InChI is InChI=1S/C11H14N4O4/c16-6-8(7-17)12-10(18)5-15-11(19)14-4-2-1-3-9(14)13-15/h1-4,8,16-17H,5-7H2,(H,12,18). The Morgan fingerprint density at radius 3 is 2.74 bits per heavy atom. The molecular formula is C11H14N4O4. The fraction of sp³-hybridized carbons (Fsp3) is 0.364. The molecule has 0 aromatic carbocycles. The number of aromatic nitrogens is 3. The van der Waals surface area contributed by atoms with Gasteiger partial charge in [-0.05, 0) is 12.1 Å². The van der Waals surface area contributed by atoms with Crippen molar-refractivity contribution in [3.63, 3.8) is 0 Å². The Bertz CT molecular complexity index is 629. The maximum atomic E-state index is 11.9. The molecule has 0 aliphatic rings. The van der Waals surface area contributed by atoms with Crippen LogP contribution in [0.3, 0.4) is 0 Å². The van der Waals surface area contributed by atoms with E-state index in [1.807, 2.05) is 0 Å². The van der Waals surface area contributed by atoms with Crippen molar-refractivity contribution in [1.29, 1.82) is 0 Å². The third kappa shape index (κ3) is 2.80. The van der Waals surface area contributed by atoms with Crippen molar-refractivity contribution >= 4 is 11.6 Å². The van der Waals surface area contributed by atoms with Crippen molar-refractivity contribution in [3.8, 4) is 0 Å². The molecule has 2 heterocycles. The second-order valence-corrected chi connectivity index (χ2v) is 4.00. The van der Waals surface area contributed by atoms with Crippen molar-refractivity contribution in [2.45, 2.75) is 12.6 Å². The number of pyridine rings is 1. The monoisotopic (exact) mass is 266 g/mol. The number of nitrogens with zero attached hydrogens (tertiary/aromatic N) is 3. The number of amides is 1. The molecule has 0 atom stereocenters. The summed E-state index contributed by atoms with van der Waals surface area (Å²) >= 11 is 0. The molecule has 8 heteroatoms. The molecule has 8 nitrogen and oxygen atoms in total. The van der Waals surface area contributed by atoms with Crippen LogP contribution in [-0.2, 0) is 11.3 Å². The van der Waals surface area contributed by atoms with Gasteiger partial charge < -0.3 is 15.5 Å². The fourth-order valence-corrected chi connectivity index (χ4v) is 1.63. The van der Waals surface area contributed by atoms with E-state index in [9.17, 15) is 9.59 Å². The molecule has 0 saturated carbocycles. The van der Waals surface area contributed by atoms with Gasteiger partial charge >= 0.3 is 5.69 Å². The molecule has 19 heavy (non-hydrogen) atoms. The molecule has 0 bridgehead atoms. The number of hydrogen-bond donors (Lipinski definition) is 3. The third-order valence-corrected chi connectivity index (χ3v) is 2.59. The Kier molecular flexibility index (Phi) is 3.93. The van der Waals surface area contributed by atoms with Crippen LogP contribution in [0.1, 0.15) is 0 Å². The van der Waals surface area contributed by atoms with Crippen LogP contribution < -0.4 is 11.0 Å². The topological polar surface area (TPSA) is 109 Å². The van der Waals surface area contributed by atoms with Gasteiger partial charge in [-0.1, -0.05) is 6.07 Å². The lowest BCUT2D eigenvalue weighted by Crippen LogP contribution is -2.43. The largest absolute Gasteiger partial charge is 0.394 e. The van der Waals surface area contributed by atoms with Gasteiger partial charge in [0.25, 0.3) is 0 Å². The van der Waals surface area contributed by atoms with Gasteiger partial charge in [-0.2, -0.15) is 0 Å². The van der Waals surface area contributed by atoms with Gasteiger partial charge in [0, 0.05) is 6.20 Å². The van der Waals surface area contributed by atoms with Gasteiger partial charge in [-0.25, -0.2) is 9.48 Å². The van der Waals surface area contributed by atoms with Crippen LogP contribution in [0.2, 0.25) is 0 Å². The Hall–Kier alpha value is -2.19. The summed E-state index contributed by atoms with van der Waals surface area (Å²) in [4.78, 5) is 23.5. The highest BCUT2D eigenvalue weighted by molar-refractivity contribution is 5.76. The Balaban J connectivity index is 2.15. The second-order valence-electron chi connectivity index (χ2n) is 4.00. The number of rotatable bonds is 5. The number of carbonyl (C=O) groups excluding carboxylic acids is 1. The lowest BCUT2D eigenvalue weighted by atomic mass is 10.3. The number of carbonyl (C=O) groups is 1. The predicted molar refractivity (Wildman–Crippen MR) is 65.6 cm³/mol. The lowest BCUT2D eigenvalue weighted by Gasteiger charge is -2.12. The van der Waals surface area contributed by atoms with E-state index in [-0.39, 0.29) is 19.8 Å². The first kappa shape index (κ1) is 13.2. The predicted octanol–water partition coefficient (Wildman–Crippen LogP) is -2.03. The van der Waals surface area contributed by atoms with Gasteiger partial charge in [-0.3, -0.25) is 9.20 Å². The summed E-state index contributed by atoms with van der Waals surface area (Å²) < 4.78 is 2.35. The van der Waals surface area contributed by atoms with Crippen molar-refractivity contribution in [2.75, 3.05) is 13.2 Å². The number of nitrogens with one attached hydrogen (secondary N) is 1. The first-order valence-electron chi connectivity index (χ1n) is 5.71. The summed E-state index contributed by atoms with van der Waals surface area (Å²) in [6.45, 7) is -1.01. The van der Waals surface area contributed by atoms with E-state index in [2.05, 4.69) is 10.4 Å². The van der Waals surface area contributed by atoms with E-state index >= 15 is 0 Å². The van der Waals surface area contributed by atoms with Crippen LogP contribution in [0.15, 0.2) is 29.2 Å². The maximum absolute atomic E-state index is 11.9. The number of hydrogen-bond acceptors (Lipinski definition) is 5. The molecule has 2 aromatic heterocycles. The summed E-state index contributed by atoms with van der Waals surface area (Å²) in [7, 11) is 0. The lowest BCUT2D eigenvalue weighted by molar-refractivity contribution is -0.123. The van der Waals surface area contributed by atoms with E-state index in [0.29, 0.717) is 5.65 Å². The van der Waals surface area contributed by atoms with Crippen LogP contribution in [0.5, 0.6) is 0 Å². The Labute approximate surface area is 107 Å². The van der Waals surface area contributed by atoms with E-state index in [0.717, 1.165) is 4.68 Å². The minimum atomic E-state index is -0.736. The maximum Gasteiger partial charge on any atom is 0.350 e. The minimum Gasteiger partial charge on any atom is -0.394 e. The van der Waals surface area contributed by atoms with Crippen LogP contribution in [0.25, 0.3) is 5.65 Å². The average Bonchev–Trinajstić information content (AvgIpc) is 2.73. The number of aliphatic hydroxyl groups excluding tert-OH is 2. The van der Waals surface area contributed by atoms with E-state index < -0.39 is 17.6 Å². The highest BCUT2D eigenvalue weighted by Gasteiger charge is 2.13. The van der Waals surface area contributed by atoms with Gasteiger partial charge in [0.2, 0.25) is 5.91 Å². The zero-order valence-electron chi connectivity index (χ0n) is 10.1. The molecule has 0 aliphatic carbocycles. The van der Waals surface area contributed by atoms with Crippen LogP contribution >= 0.6 is 0 Å². The number of aliphatic hydroxyl groups is 2. The van der Waals surface area contributed by atoms with Crippen molar-refractivity contribution < 1.29 is 15.0 Å². The third-order valence-electron chi connectivity index (χ3n) is 2.59. The summed E-state index contributed by atoms with van der Waals surface area (Å²) in [5, 5.41) is 24.1. The molecule has 0 unspecified atom stereocenters. The highest BCUT2D eigenvalue weighted by Crippen LogP contribution is 1.94. The summed E-state index contributed by atoms with van der Waals surface area (Å²) in [6.07, 6.45) is 1.56. The second kappa shape index (κ2) is 5.63. The summed E-state index contributed by atoms with van der Waals surface area (Å²) in [5.41, 5.74) is 0.0245. The molecule has 0 saturated heterocycles. The molecule has 102 valence electrons. The van der Waals surface area contributed by atoms with E-state index in [4.69, 9.17) is 10.2 Å². The normalized spacial score (nSPS) is 11.1. The van der Waals surface area contributed by atoms with Crippen LogP contribution in [-0.4, -0.2) is 49.6 Å². The van der Waals surface area contributed by atoms with Crippen molar-refractivity contribution in [2.24, 2.45) is 0 Å². The zero-order chi connectivity index (χ0) is 13.8. The smallest absolute Gasteiger partial charge is 0.350 e. The highest BCUT2D eigenvalue weighted by atomic mass is 16.3. The van der Waals surface area contributed by atoms with Gasteiger partial charge in [0.15, 0.2) is 5.65 Å². The number of fused-ring (bicyclic) bond motifs is 1. The molecule has 0 aliphatic heterocycles. The first-order valence-corrected chi connectivity index (χ1v) is 5.71. The van der Waals surface area contributed by atoms with Gasteiger partial charge in [0.1, 0.15) is 6.54 Å². The summed E-state index contributed by atoms with van der Waals surface area (Å²) in [6, 6.07) is 4.34. The van der Waals surface area contributed by atoms with Gasteiger partial charge in [-0.15, -0.1) is 5.10 Å². The molecular weight excluding hydrogens is 252 g/mol. The van der Waals surface area contributed by atoms with Crippen LogP contribution in [0.4, 0.5) is 0 Å². The van der Waals surface area contributed by atoms with Crippen LogP contribution in [0, 0.1) is 0 Å². The molecule has 0 fully saturated rings.